The second-order valence-corrected chi connectivity index (χ2v) is 5.33. The number of unbranched alkanes of at least 4 members (excludes halogenated alkanes) is 5. The Bertz CT molecular complexity index is 206. The van der Waals surface area contributed by atoms with Crippen LogP contribution in [0.4, 0.5) is 0 Å². The first kappa shape index (κ1) is 13.9. The zero-order valence-electron chi connectivity index (χ0n) is 10.9. The molecule has 2 nitrogen and oxygen atoms in total. The smallest absolute Gasteiger partial charge is 0.0919 e. The van der Waals surface area contributed by atoms with Crippen LogP contribution in [0, 0.1) is 0 Å². The highest BCUT2D eigenvalue weighted by molar-refractivity contribution is 7.80. The second-order valence-electron chi connectivity index (χ2n) is 4.86. The van der Waals surface area contributed by atoms with Crippen LogP contribution >= 0.6 is 12.2 Å². The number of thiocarbonyl (C=S) groups is 1. The summed E-state index contributed by atoms with van der Waals surface area (Å²) < 4.78 is 0. The second kappa shape index (κ2) is 8.02. The molecule has 1 heterocycles. The van der Waals surface area contributed by atoms with Crippen molar-refractivity contribution in [2.45, 2.75) is 45.4 Å². The van der Waals surface area contributed by atoms with Gasteiger partial charge in [0.05, 0.1) is 4.99 Å². The first-order valence-corrected chi connectivity index (χ1v) is 7.11. The van der Waals surface area contributed by atoms with E-state index in [-0.39, 0.29) is 0 Å². The molecule has 3 heteroatoms. The summed E-state index contributed by atoms with van der Waals surface area (Å²) in [5.74, 6) is 0. The van der Waals surface area contributed by atoms with Crippen molar-refractivity contribution in [2.24, 2.45) is 0 Å². The fourth-order valence-corrected chi connectivity index (χ4v) is 2.39. The normalized spacial score (nSPS) is 18.1. The van der Waals surface area contributed by atoms with Crippen LogP contribution in [-0.4, -0.2) is 48.0 Å². The van der Waals surface area contributed by atoms with E-state index < -0.39 is 0 Å². The Morgan fingerprint density at radius 1 is 1.06 bits per heavy atom. The molecular formula is C13H26N2S. The van der Waals surface area contributed by atoms with Gasteiger partial charge < -0.3 is 4.90 Å². The van der Waals surface area contributed by atoms with Crippen molar-refractivity contribution in [3.8, 4) is 0 Å². The van der Waals surface area contributed by atoms with E-state index in [9.17, 15) is 0 Å². The van der Waals surface area contributed by atoms with Gasteiger partial charge in [-0.2, -0.15) is 0 Å². The molecule has 0 radical (unpaired) electrons. The summed E-state index contributed by atoms with van der Waals surface area (Å²) in [5.41, 5.74) is 0. The van der Waals surface area contributed by atoms with E-state index in [4.69, 9.17) is 12.2 Å². The first-order chi connectivity index (χ1) is 7.74. The van der Waals surface area contributed by atoms with Crippen LogP contribution in [0.1, 0.15) is 45.4 Å². The molecule has 0 aliphatic carbocycles. The number of nitrogens with zero attached hydrogens (tertiary/aromatic N) is 2. The molecular weight excluding hydrogens is 216 g/mol. The van der Waals surface area contributed by atoms with Crippen LogP contribution in [0.3, 0.4) is 0 Å². The Labute approximate surface area is 106 Å². The molecule has 0 unspecified atom stereocenters. The summed E-state index contributed by atoms with van der Waals surface area (Å²) in [5, 5.41) is 0. The third-order valence-electron chi connectivity index (χ3n) is 3.36. The van der Waals surface area contributed by atoms with Crippen molar-refractivity contribution in [1.29, 1.82) is 0 Å². The van der Waals surface area contributed by atoms with Gasteiger partial charge in [-0.15, -0.1) is 0 Å². The molecule has 0 saturated carbocycles. The van der Waals surface area contributed by atoms with E-state index in [0.717, 1.165) is 18.1 Å². The summed E-state index contributed by atoms with van der Waals surface area (Å²) >= 11 is 5.33. The van der Waals surface area contributed by atoms with E-state index in [1.54, 1.807) is 0 Å². The standard InChI is InChI=1S/C13H26N2S/c1-3-4-5-6-7-8-9-15-11-10-14(2)13(16)12-15/h3-12H2,1-2H3. The molecule has 1 fully saturated rings. The van der Waals surface area contributed by atoms with Gasteiger partial charge in [-0.1, -0.05) is 51.2 Å². The average molecular weight is 242 g/mol. The zero-order valence-corrected chi connectivity index (χ0v) is 11.7. The average Bonchev–Trinajstić information content (AvgIpc) is 2.28. The van der Waals surface area contributed by atoms with Crippen molar-refractivity contribution in [3.63, 3.8) is 0 Å². The highest BCUT2D eigenvalue weighted by Crippen LogP contribution is 2.08. The number of piperazine rings is 1. The highest BCUT2D eigenvalue weighted by Gasteiger charge is 2.16. The predicted octanol–water partition coefficient (Wildman–Crippen LogP) is 2.92. The fraction of sp³-hybridized carbons (Fsp3) is 0.923. The first-order valence-electron chi connectivity index (χ1n) is 6.70. The third kappa shape index (κ3) is 5.26. The lowest BCUT2D eigenvalue weighted by Gasteiger charge is -2.34. The molecule has 16 heavy (non-hydrogen) atoms. The van der Waals surface area contributed by atoms with Crippen molar-refractivity contribution >= 4 is 17.2 Å². The number of likely N-dealkylation sites (N-methyl/N-ethyl adjacent to an activating group) is 1. The van der Waals surface area contributed by atoms with Crippen LogP contribution in [0.5, 0.6) is 0 Å². The molecule has 1 saturated heterocycles. The van der Waals surface area contributed by atoms with Gasteiger partial charge in [0, 0.05) is 26.7 Å². The van der Waals surface area contributed by atoms with Gasteiger partial charge in [0.25, 0.3) is 0 Å². The number of hydrogen-bond donors (Lipinski definition) is 0. The summed E-state index contributed by atoms with van der Waals surface area (Å²) in [4.78, 5) is 5.81. The molecule has 0 aromatic rings. The van der Waals surface area contributed by atoms with E-state index in [1.165, 1.54) is 51.6 Å². The van der Waals surface area contributed by atoms with Gasteiger partial charge >= 0.3 is 0 Å². The maximum Gasteiger partial charge on any atom is 0.0919 e. The Kier molecular flexibility index (Phi) is 6.97. The molecule has 0 N–H and O–H groups in total. The van der Waals surface area contributed by atoms with Gasteiger partial charge in [-0.05, 0) is 13.0 Å². The highest BCUT2D eigenvalue weighted by atomic mass is 32.1. The van der Waals surface area contributed by atoms with E-state index in [2.05, 4.69) is 23.8 Å². The SMILES string of the molecule is CCCCCCCCN1CCN(C)C(=S)C1. The zero-order chi connectivity index (χ0) is 11.8. The predicted molar refractivity (Wildman–Crippen MR) is 75.0 cm³/mol. The van der Waals surface area contributed by atoms with E-state index >= 15 is 0 Å². The molecule has 94 valence electrons. The monoisotopic (exact) mass is 242 g/mol. The molecule has 0 aromatic carbocycles. The van der Waals surface area contributed by atoms with Gasteiger partial charge in [0.1, 0.15) is 0 Å². The summed E-state index contributed by atoms with van der Waals surface area (Å²) in [6.07, 6.45) is 8.30. The van der Waals surface area contributed by atoms with Crippen LogP contribution in [-0.2, 0) is 0 Å². The maximum atomic E-state index is 5.33. The Morgan fingerprint density at radius 2 is 1.75 bits per heavy atom. The van der Waals surface area contributed by atoms with Gasteiger partial charge in [-0.25, -0.2) is 0 Å². The fourth-order valence-electron chi connectivity index (χ4n) is 2.11. The molecule has 1 aliphatic heterocycles. The lowest BCUT2D eigenvalue weighted by molar-refractivity contribution is 0.245. The van der Waals surface area contributed by atoms with Crippen LogP contribution in [0.2, 0.25) is 0 Å². The summed E-state index contributed by atoms with van der Waals surface area (Å²) in [7, 11) is 2.10. The van der Waals surface area contributed by atoms with E-state index in [0.29, 0.717) is 0 Å². The van der Waals surface area contributed by atoms with E-state index in [1.807, 2.05) is 0 Å². The van der Waals surface area contributed by atoms with Crippen molar-refractivity contribution in [2.75, 3.05) is 33.2 Å². The van der Waals surface area contributed by atoms with Gasteiger partial charge in [0.15, 0.2) is 0 Å². The molecule has 0 bridgehead atoms. The molecule has 0 atom stereocenters. The summed E-state index contributed by atoms with van der Waals surface area (Å²) in [6, 6.07) is 0. The lowest BCUT2D eigenvalue weighted by atomic mass is 10.1. The minimum atomic E-state index is 1.00. The van der Waals surface area contributed by atoms with Crippen molar-refractivity contribution in [1.82, 2.24) is 9.80 Å². The van der Waals surface area contributed by atoms with Crippen LogP contribution in [0.25, 0.3) is 0 Å². The van der Waals surface area contributed by atoms with Crippen molar-refractivity contribution < 1.29 is 0 Å². The quantitative estimate of drug-likeness (QED) is 0.501. The minimum Gasteiger partial charge on any atom is -0.367 e. The Morgan fingerprint density at radius 3 is 2.44 bits per heavy atom. The summed E-state index contributed by atoms with van der Waals surface area (Å²) in [6.45, 7) is 6.80. The maximum absolute atomic E-state index is 5.33. The van der Waals surface area contributed by atoms with Crippen LogP contribution < -0.4 is 0 Å². The molecule has 1 aliphatic rings. The van der Waals surface area contributed by atoms with Gasteiger partial charge in [0.2, 0.25) is 0 Å². The topological polar surface area (TPSA) is 6.48 Å². The largest absolute Gasteiger partial charge is 0.367 e. The number of hydrogen-bond acceptors (Lipinski definition) is 2. The Balaban J connectivity index is 1.99. The number of rotatable bonds is 7. The molecule has 0 spiro atoms. The van der Waals surface area contributed by atoms with Crippen molar-refractivity contribution in [3.05, 3.63) is 0 Å². The van der Waals surface area contributed by atoms with Gasteiger partial charge in [-0.3, -0.25) is 4.90 Å². The Hall–Kier alpha value is -0.150. The molecule has 0 amide bonds. The lowest BCUT2D eigenvalue weighted by Crippen LogP contribution is -2.47. The minimum absolute atomic E-state index is 1.00. The van der Waals surface area contributed by atoms with Crippen LogP contribution in [0.15, 0.2) is 0 Å². The third-order valence-corrected chi connectivity index (χ3v) is 3.80. The molecule has 1 rings (SSSR count). The molecule has 0 aromatic heterocycles.